The second-order valence-electron chi connectivity index (χ2n) is 4.98. The van der Waals surface area contributed by atoms with E-state index in [0.717, 1.165) is 0 Å². The SMILES string of the molecule is CC(=O)c1nnn(C(C)(C)C(=O)O)c1-c1ccccc1. The molecule has 0 fully saturated rings. The average molecular weight is 273 g/mol. The maximum absolute atomic E-state index is 11.7. The van der Waals surface area contributed by atoms with Crippen molar-refractivity contribution in [1.29, 1.82) is 0 Å². The van der Waals surface area contributed by atoms with Gasteiger partial charge in [-0.05, 0) is 13.8 Å². The van der Waals surface area contributed by atoms with Gasteiger partial charge in [0.05, 0.1) is 0 Å². The predicted molar refractivity (Wildman–Crippen MR) is 72.4 cm³/mol. The molecule has 20 heavy (non-hydrogen) atoms. The number of carboxylic acids is 1. The van der Waals surface area contributed by atoms with Crippen LogP contribution in [0.25, 0.3) is 11.3 Å². The van der Waals surface area contributed by atoms with Crippen LogP contribution in [-0.2, 0) is 10.3 Å². The number of Topliss-reactive ketones (excluding diaryl/α,β-unsaturated/α-hetero) is 1. The van der Waals surface area contributed by atoms with E-state index < -0.39 is 11.5 Å². The van der Waals surface area contributed by atoms with Gasteiger partial charge in [-0.2, -0.15) is 0 Å². The molecule has 1 N–H and O–H groups in total. The van der Waals surface area contributed by atoms with Crippen LogP contribution in [-0.4, -0.2) is 31.9 Å². The van der Waals surface area contributed by atoms with E-state index in [2.05, 4.69) is 10.3 Å². The maximum Gasteiger partial charge on any atom is 0.331 e. The van der Waals surface area contributed by atoms with E-state index in [1.807, 2.05) is 18.2 Å². The molecule has 0 amide bonds. The lowest BCUT2D eigenvalue weighted by Crippen LogP contribution is -2.37. The van der Waals surface area contributed by atoms with E-state index in [4.69, 9.17) is 0 Å². The summed E-state index contributed by atoms with van der Waals surface area (Å²) in [6.07, 6.45) is 0. The number of benzene rings is 1. The lowest BCUT2D eigenvalue weighted by Gasteiger charge is -2.21. The Morgan fingerprint density at radius 1 is 1.20 bits per heavy atom. The minimum atomic E-state index is -1.30. The molecule has 104 valence electrons. The number of aromatic nitrogens is 3. The Labute approximate surface area is 116 Å². The minimum absolute atomic E-state index is 0.172. The number of aliphatic carboxylic acids is 1. The van der Waals surface area contributed by atoms with Crippen molar-refractivity contribution in [3.8, 4) is 11.3 Å². The molecule has 0 radical (unpaired) electrons. The first kappa shape index (κ1) is 13.9. The van der Waals surface area contributed by atoms with Crippen LogP contribution >= 0.6 is 0 Å². The zero-order valence-corrected chi connectivity index (χ0v) is 11.5. The van der Waals surface area contributed by atoms with E-state index in [9.17, 15) is 14.7 Å². The van der Waals surface area contributed by atoms with Crippen molar-refractivity contribution in [2.75, 3.05) is 0 Å². The second kappa shape index (κ2) is 4.88. The van der Waals surface area contributed by atoms with E-state index in [0.29, 0.717) is 11.3 Å². The van der Waals surface area contributed by atoms with Crippen LogP contribution in [0, 0.1) is 0 Å². The lowest BCUT2D eigenvalue weighted by atomic mass is 10.0. The van der Waals surface area contributed by atoms with Crippen molar-refractivity contribution in [3.05, 3.63) is 36.0 Å². The van der Waals surface area contributed by atoms with Crippen LogP contribution in [0.1, 0.15) is 31.3 Å². The summed E-state index contributed by atoms with van der Waals surface area (Å²) in [7, 11) is 0. The first-order valence-corrected chi connectivity index (χ1v) is 6.11. The molecule has 1 heterocycles. The van der Waals surface area contributed by atoms with E-state index in [1.165, 1.54) is 25.5 Å². The molecule has 6 nitrogen and oxygen atoms in total. The van der Waals surface area contributed by atoms with Gasteiger partial charge in [-0.1, -0.05) is 35.5 Å². The molecule has 1 aromatic carbocycles. The van der Waals surface area contributed by atoms with Gasteiger partial charge in [0, 0.05) is 12.5 Å². The number of carboxylic acid groups (broad SMARTS) is 1. The molecular weight excluding hydrogens is 258 g/mol. The summed E-state index contributed by atoms with van der Waals surface area (Å²) in [5.41, 5.74) is -0.000607. The van der Waals surface area contributed by atoms with Gasteiger partial charge in [-0.3, -0.25) is 4.79 Å². The average Bonchev–Trinajstić information content (AvgIpc) is 2.85. The van der Waals surface area contributed by atoms with Crippen LogP contribution in [0.5, 0.6) is 0 Å². The van der Waals surface area contributed by atoms with Gasteiger partial charge in [0.15, 0.2) is 17.0 Å². The Bertz CT molecular complexity index is 660. The summed E-state index contributed by atoms with van der Waals surface area (Å²) in [4.78, 5) is 23.1. The third-order valence-electron chi connectivity index (χ3n) is 3.10. The van der Waals surface area contributed by atoms with Gasteiger partial charge in [0.2, 0.25) is 0 Å². The maximum atomic E-state index is 11.7. The molecule has 1 aromatic heterocycles. The number of hydrogen-bond donors (Lipinski definition) is 1. The largest absolute Gasteiger partial charge is 0.479 e. The third kappa shape index (κ3) is 2.20. The smallest absolute Gasteiger partial charge is 0.331 e. The van der Waals surface area contributed by atoms with Gasteiger partial charge < -0.3 is 5.11 Å². The van der Waals surface area contributed by atoms with Crippen LogP contribution in [0.15, 0.2) is 30.3 Å². The number of carbonyl (C=O) groups excluding carboxylic acids is 1. The van der Waals surface area contributed by atoms with Crippen LogP contribution in [0.4, 0.5) is 0 Å². The van der Waals surface area contributed by atoms with Gasteiger partial charge in [-0.15, -0.1) is 5.10 Å². The van der Waals surface area contributed by atoms with Crippen molar-refractivity contribution < 1.29 is 14.7 Å². The topological polar surface area (TPSA) is 85.1 Å². The molecule has 0 saturated carbocycles. The molecule has 0 bridgehead atoms. The summed E-state index contributed by atoms with van der Waals surface area (Å²) in [5, 5.41) is 17.1. The molecule has 0 aliphatic rings. The van der Waals surface area contributed by atoms with Crippen molar-refractivity contribution in [1.82, 2.24) is 15.0 Å². The first-order valence-electron chi connectivity index (χ1n) is 6.11. The number of hydrogen-bond acceptors (Lipinski definition) is 4. The van der Waals surface area contributed by atoms with Gasteiger partial charge in [0.25, 0.3) is 0 Å². The standard InChI is InChI=1S/C14H15N3O3/c1-9(18)11-12(10-7-5-4-6-8-10)17(16-15-11)14(2,3)13(19)20/h4-8H,1-3H3,(H,19,20). The normalized spacial score (nSPS) is 11.3. The molecular formula is C14H15N3O3. The van der Waals surface area contributed by atoms with Gasteiger partial charge >= 0.3 is 5.97 Å². The van der Waals surface area contributed by atoms with Gasteiger partial charge in [0.1, 0.15) is 5.69 Å². The highest BCUT2D eigenvalue weighted by molar-refractivity contribution is 5.98. The summed E-state index contributed by atoms with van der Waals surface area (Å²) < 4.78 is 1.28. The van der Waals surface area contributed by atoms with E-state index in [1.54, 1.807) is 12.1 Å². The Hall–Kier alpha value is -2.50. The molecule has 0 aliphatic heterocycles. The monoisotopic (exact) mass is 273 g/mol. The zero-order valence-electron chi connectivity index (χ0n) is 11.5. The highest BCUT2D eigenvalue weighted by atomic mass is 16.4. The summed E-state index contributed by atoms with van der Waals surface area (Å²) in [6.45, 7) is 4.41. The van der Waals surface area contributed by atoms with Crippen molar-refractivity contribution >= 4 is 11.8 Å². The molecule has 0 spiro atoms. The van der Waals surface area contributed by atoms with Crippen LogP contribution in [0.2, 0.25) is 0 Å². The van der Waals surface area contributed by atoms with E-state index >= 15 is 0 Å². The van der Waals surface area contributed by atoms with Crippen molar-refractivity contribution in [2.24, 2.45) is 0 Å². The Morgan fingerprint density at radius 3 is 2.30 bits per heavy atom. The molecule has 0 atom stereocenters. The molecule has 0 saturated heterocycles. The predicted octanol–water partition coefficient (Wildman–Crippen LogP) is 1.97. The molecule has 6 heteroatoms. The molecule has 2 rings (SSSR count). The number of rotatable bonds is 4. The Morgan fingerprint density at radius 2 is 1.80 bits per heavy atom. The summed E-state index contributed by atoms with van der Waals surface area (Å²) in [6, 6.07) is 9.04. The number of nitrogens with zero attached hydrogens (tertiary/aromatic N) is 3. The summed E-state index contributed by atoms with van der Waals surface area (Å²) >= 11 is 0. The van der Waals surface area contributed by atoms with Gasteiger partial charge in [-0.25, -0.2) is 9.48 Å². The Balaban J connectivity index is 2.73. The highest BCUT2D eigenvalue weighted by Crippen LogP contribution is 2.28. The molecule has 0 unspecified atom stereocenters. The number of ketones is 1. The fourth-order valence-corrected chi connectivity index (χ4v) is 1.86. The fraction of sp³-hybridized carbons (Fsp3) is 0.286. The first-order chi connectivity index (χ1) is 9.35. The second-order valence-corrected chi connectivity index (χ2v) is 4.98. The molecule has 2 aromatic rings. The zero-order chi connectivity index (χ0) is 14.9. The van der Waals surface area contributed by atoms with Crippen molar-refractivity contribution in [3.63, 3.8) is 0 Å². The van der Waals surface area contributed by atoms with E-state index in [-0.39, 0.29) is 11.5 Å². The quantitative estimate of drug-likeness (QED) is 0.861. The van der Waals surface area contributed by atoms with Crippen molar-refractivity contribution in [2.45, 2.75) is 26.3 Å². The molecule has 0 aliphatic carbocycles. The third-order valence-corrected chi connectivity index (χ3v) is 3.10. The van der Waals surface area contributed by atoms with Crippen LogP contribution in [0.3, 0.4) is 0 Å². The highest BCUT2D eigenvalue weighted by Gasteiger charge is 2.35. The lowest BCUT2D eigenvalue weighted by molar-refractivity contribution is -0.146. The fourth-order valence-electron chi connectivity index (χ4n) is 1.86. The Kier molecular flexibility index (Phi) is 3.40. The minimum Gasteiger partial charge on any atom is -0.479 e. The number of carbonyl (C=O) groups is 2. The van der Waals surface area contributed by atoms with Crippen LogP contribution < -0.4 is 0 Å². The summed E-state index contributed by atoms with van der Waals surface area (Å²) in [5.74, 6) is -1.30.